The van der Waals surface area contributed by atoms with Crippen LogP contribution in [0.2, 0.25) is 0 Å². The fraction of sp³-hybridized carbons (Fsp3) is 0.366. The summed E-state index contributed by atoms with van der Waals surface area (Å²) in [5.74, 6) is 0. The summed E-state index contributed by atoms with van der Waals surface area (Å²) in [5.41, 5.74) is 23.7. The standard InChI is InChI=1S/C82H88N6/c1-77-43-13-16-46-80(77,4)86(60-30-24-57(25-31-60)83(7)8)72-40-21-54(49-69(72)77)63-36-19-53-20-37-65-67(55-22-41-73-70(50-55)78(2)44-14-17-47-81(78,5)87(73)61-32-26-58(27-33-61)84(9)10)52-68(66-39-38-64(63)75(53)76(65)66)56-23-42-74-71(51-56)79(3)45-15-18-48-82(79,6)88(74)62-34-28-59(29-35-62)85(11)12/h19-42,49-52H,13-18,43-48H2,1-12H3. The third-order valence-electron chi connectivity index (χ3n) is 24.9. The van der Waals surface area contributed by atoms with E-state index in [1.165, 1.54) is 198 Å². The van der Waals surface area contributed by atoms with Crippen molar-refractivity contribution in [3.05, 3.63) is 187 Å². The van der Waals surface area contributed by atoms with Crippen molar-refractivity contribution in [3.63, 3.8) is 0 Å². The second kappa shape index (κ2) is 19.3. The van der Waals surface area contributed by atoms with Crippen LogP contribution in [0.15, 0.2) is 170 Å². The van der Waals surface area contributed by atoms with Gasteiger partial charge in [-0.15, -0.1) is 0 Å². The molecule has 6 atom stereocenters. The molecule has 3 saturated carbocycles. The lowest BCUT2D eigenvalue weighted by molar-refractivity contribution is 0.195. The average molecular weight is 1160 g/mol. The Morgan fingerprint density at radius 1 is 0.295 bits per heavy atom. The van der Waals surface area contributed by atoms with Crippen molar-refractivity contribution >= 4 is 83.5 Å². The molecular weight excluding hydrogens is 1070 g/mol. The molecule has 3 heterocycles. The molecular formula is C82H88N6. The van der Waals surface area contributed by atoms with Gasteiger partial charge in [0.25, 0.3) is 0 Å². The first-order valence-corrected chi connectivity index (χ1v) is 33.2. The Balaban J connectivity index is 0.909. The van der Waals surface area contributed by atoms with Crippen LogP contribution < -0.4 is 29.4 Å². The van der Waals surface area contributed by atoms with E-state index in [0.717, 1.165) is 12.8 Å². The van der Waals surface area contributed by atoms with Crippen molar-refractivity contribution in [1.82, 2.24) is 0 Å². The molecule has 6 aliphatic rings. The van der Waals surface area contributed by atoms with Crippen molar-refractivity contribution in [1.29, 1.82) is 0 Å². The van der Waals surface area contributed by atoms with Gasteiger partial charge in [0.05, 0.1) is 16.6 Å². The van der Waals surface area contributed by atoms with E-state index in [1.807, 2.05) is 0 Å². The smallest absolute Gasteiger partial charge is 0.0517 e. The van der Waals surface area contributed by atoms with Gasteiger partial charge in [0.1, 0.15) is 0 Å². The van der Waals surface area contributed by atoms with Crippen LogP contribution in [0.3, 0.4) is 0 Å². The summed E-state index contributed by atoms with van der Waals surface area (Å²) in [6, 6.07) is 68.1. The van der Waals surface area contributed by atoms with E-state index in [9.17, 15) is 0 Å². The number of fused-ring (bicyclic) bond motifs is 9. The quantitative estimate of drug-likeness (QED) is 0.133. The summed E-state index contributed by atoms with van der Waals surface area (Å²) in [6.07, 6.45) is 14.5. The Kier molecular flexibility index (Phi) is 12.1. The Hall–Kier alpha value is -7.96. The molecule has 88 heavy (non-hydrogen) atoms. The SMILES string of the molecule is CN(C)c1ccc(N2c3ccc(-c4ccc5ccc6c(-c7ccc8c(c7)C7(C)CCCCC7(C)N8c7ccc(N(C)C)cc7)cc(-c7ccc8c(c7)C7(C)CCCCC7(C)N8c7ccc(N(C)C)cc7)c7ccc4c5c67)cc3C3(C)CCCCC23C)cc1. The van der Waals surface area contributed by atoms with Crippen molar-refractivity contribution in [2.75, 3.05) is 71.7 Å². The fourth-order valence-corrected chi connectivity index (χ4v) is 19.2. The maximum Gasteiger partial charge on any atom is 0.0517 e. The number of rotatable bonds is 9. The van der Waals surface area contributed by atoms with E-state index in [2.05, 4.69) is 283 Å². The molecule has 16 rings (SSSR count). The predicted molar refractivity (Wildman–Crippen MR) is 378 cm³/mol. The minimum absolute atomic E-state index is 0.00410. The zero-order valence-corrected chi connectivity index (χ0v) is 54.3. The number of hydrogen-bond donors (Lipinski definition) is 0. The van der Waals surface area contributed by atoms with Crippen LogP contribution >= 0.6 is 0 Å². The van der Waals surface area contributed by atoms with Crippen LogP contribution in [0.4, 0.5) is 51.2 Å². The van der Waals surface area contributed by atoms with Gasteiger partial charge in [-0.3, -0.25) is 0 Å². The average Bonchev–Trinajstić information content (AvgIpc) is 1.47. The van der Waals surface area contributed by atoms with Gasteiger partial charge in [-0.25, -0.2) is 0 Å². The van der Waals surface area contributed by atoms with Crippen molar-refractivity contribution in [2.45, 2.75) is 151 Å². The molecule has 3 aliphatic carbocycles. The van der Waals surface area contributed by atoms with Gasteiger partial charge in [-0.2, -0.15) is 0 Å². The van der Waals surface area contributed by atoms with Gasteiger partial charge in [0.2, 0.25) is 0 Å². The van der Waals surface area contributed by atoms with Gasteiger partial charge in [0, 0.05) is 110 Å². The predicted octanol–water partition coefficient (Wildman–Crippen LogP) is 21.0. The topological polar surface area (TPSA) is 19.4 Å². The number of nitrogens with zero attached hydrogens (tertiary/aromatic N) is 6. The molecule has 446 valence electrons. The molecule has 0 radical (unpaired) electrons. The third-order valence-corrected chi connectivity index (χ3v) is 24.9. The first-order chi connectivity index (χ1) is 42.3. The summed E-state index contributed by atoms with van der Waals surface area (Å²) < 4.78 is 0. The number of anilines is 9. The lowest BCUT2D eigenvalue weighted by Gasteiger charge is -2.50. The van der Waals surface area contributed by atoms with Crippen molar-refractivity contribution in [2.24, 2.45) is 0 Å². The zero-order chi connectivity index (χ0) is 60.6. The Labute approximate surface area is 523 Å². The van der Waals surface area contributed by atoms with Crippen molar-refractivity contribution < 1.29 is 0 Å². The molecule has 6 unspecified atom stereocenters. The van der Waals surface area contributed by atoms with Crippen LogP contribution in [0, 0.1) is 0 Å². The van der Waals surface area contributed by atoms with E-state index in [0.29, 0.717) is 0 Å². The first kappa shape index (κ1) is 55.4. The molecule has 0 N–H and O–H groups in total. The molecule has 10 aromatic rings. The van der Waals surface area contributed by atoms with Gasteiger partial charge in [-0.1, -0.05) is 114 Å². The monoisotopic (exact) mass is 1160 g/mol. The highest BCUT2D eigenvalue weighted by molar-refractivity contribution is 6.30. The minimum atomic E-state index is -0.0626. The Bertz CT molecular complexity index is 4290. The van der Waals surface area contributed by atoms with E-state index in [4.69, 9.17) is 0 Å². The molecule has 10 aromatic carbocycles. The molecule has 0 spiro atoms. The third kappa shape index (κ3) is 7.41. The summed E-state index contributed by atoms with van der Waals surface area (Å²) in [6.45, 7) is 15.5. The van der Waals surface area contributed by atoms with Crippen molar-refractivity contribution in [3.8, 4) is 33.4 Å². The summed E-state index contributed by atoms with van der Waals surface area (Å²) in [7, 11) is 12.8. The van der Waals surface area contributed by atoms with Crippen LogP contribution in [0.1, 0.15) is 135 Å². The van der Waals surface area contributed by atoms with E-state index in [1.54, 1.807) is 0 Å². The molecule has 6 heteroatoms. The highest BCUT2D eigenvalue weighted by Crippen LogP contribution is 2.65. The lowest BCUT2D eigenvalue weighted by Crippen LogP contribution is -2.54. The molecule has 0 aromatic heterocycles. The molecule has 6 nitrogen and oxygen atoms in total. The molecule has 3 aliphatic heterocycles. The summed E-state index contributed by atoms with van der Waals surface area (Å²) in [5, 5.41) is 8.03. The normalized spacial score (nSPS) is 26.1. The highest BCUT2D eigenvalue weighted by Gasteiger charge is 2.60. The molecule has 0 amide bonds. The van der Waals surface area contributed by atoms with Gasteiger partial charge >= 0.3 is 0 Å². The lowest BCUT2D eigenvalue weighted by atomic mass is 9.61. The van der Waals surface area contributed by atoms with Gasteiger partial charge < -0.3 is 29.4 Å². The van der Waals surface area contributed by atoms with E-state index < -0.39 is 0 Å². The van der Waals surface area contributed by atoms with Gasteiger partial charge in [0.15, 0.2) is 0 Å². The van der Waals surface area contributed by atoms with E-state index in [-0.39, 0.29) is 32.9 Å². The maximum atomic E-state index is 2.74. The first-order valence-electron chi connectivity index (χ1n) is 33.2. The largest absolute Gasteiger partial charge is 0.378 e. The molecule has 0 bridgehead atoms. The van der Waals surface area contributed by atoms with E-state index >= 15 is 0 Å². The molecule has 0 saturated heterocycles. The van der Waals surface area contributed by atoms with Crippen LogP contribution in [-0.2, 0) is 16.2 Å². The Morgan fingerprint density at radius 3 is 0.955 bits per heavy atom. The zero-order valence-electron chi connectivity index (χ0n) is 54.3. The fourth-order valence-electron chi connectivity index (χ4n) is 19.2. The van der Waals surface area contributed by atoms with Crippen LogP contribution in [0.25, 0.3) is 65.7 Å². The highest BCUT2D eigenvalue weighted by atomic mass is 15.3. The van der Waals surface area contributed by atoms with Crippen LogP contribution in [0.5, 0.6) is 0 Å². The molecule has 3 fully saturated rings. The Morgan fingerprint density at radius 2 is 0.602 bits per heavy atom. The number of hydrogen-bond acceptors (Lipinski definition) is 6. The second-order valence-corrected chi connectivity index (χ2v) is 29.7. The minimum Gasteiger partial charge on any atom is -0.378 e. The number of benzene rings is 10. The summed E-state index contributed by atoms with van der Waals surface area (Å²) in [4.78, 5) is 14.8. The maximum absolute atomic E-state index is 2.74. The summed E-state index contributed by atoms with van der Waals surface area (Å²) >= 11 is 0. The van der Waals surface area contributed by atoms with Crippen LogP contribution in [-0.4, -0.2) is 58.9 Å². The van der Waals surface area contributed by atoms with Gasteiger partial charge in [-0.05, 0) is 257 Å². The second-order valence-electron chi connectivity index (χ2n) is 29.7.